The minimum atomic E-state index is -4.52. The van der Waals surface area contributed by atoms with Crippen molar-refractivity contribution in [2.45, 2.75) is 57.0 Å². The van der Waals surface area contributed by atoms with E-state index in [4.69, 9.17) is 10.5 Å². The predicted octanol–water partition coefficient (Wildman–Crippen LogP) is 6.04. The van der Waals surface area contributed by atoms with Gasteiger partial charge in [0.15, 0.2) is 0 Å². The van der Waals surface area contributed by atoms with Crippen LogP contribution in [0.25, 0.3) is 33.1 Å². The van der Waals surface area contributed by atoms with E-state index in [1.807, 2.05) is 60.1 Å². The molecule has 1 aliphatic heterocycles. The summed E-state index contributed by atoms with van der Waals surface area (Å²) in [6.45, 7) is 1.08. The van der Waals surface area contributed by atoms with Gasteiger partial charge in [0, 0.05) is 54.9 Å². The predicted molar refractivity (Wildman–Crippen MR) is 182 cm³/mol. The number of carbonyl (C=O) groups excluding carboxylic acids is 1. The first-order valence-electron chi connectivity index (χ1n) is 16.5. The number of nitrogens with zero attached hydrogens (tertiary/aromatic N) is 8. The van der Waals surface area contributed by atoms with Gasteiger partial charge in [-0.2, -0.15) is 13.2 Å². The van der Waals surface area contributed by atoms with Crippen molar-refractivity contribution in [2.24, 2.45) is 7.05 Å². The van der Waals surface area contributed by atoms with Crippen LogP contribution < -0.4 is 15.8 Å². The molecule has 0 radical (unpaired) electrons. The number of amides is 1. The molecule has 8 rings (SSSR count). The van der Waals surface area contributed by atoms with Crippen LogP contribution in [0.4, 0.5) is 24.7 Å². The monoisotopic (exact) mass is 684 g/mol. The van der Waals surface area contributed by atoms with Crippen LogP contribution in [0.2, 0.25) is 0 Å². The SMILES string of the molecule is COc1cc(-c2cn([C@H]3CC[C@H](N4CCn5c(nnc5C(F)(F)F)C4)CC3)c3ncnc(N)c23)ccc1NC(=O)c1cc2ccccc2n1C. The van der Waals surface area contributed by atoms with E-state index in [9.17, 15) is 18.0 Å². The minimum absolute atomic E-state index is 0.142. The average Bonchev–Trinajstić information content (AvgIpc) is 3.83. The number of aromatic nitrogens is 7. The van der Waals surface area contributed by atoms with E-state index >= 15 is 0 Å². The molecule has 258 valence electrons. The van der Waals surface area contributed by atoms with Crippen molar-refractivity contribution in [1.82, 2.24) is 38.8 Å². The number of hydrogen-bond acceptors (Lipinski definition) is 8. The number of aryl methyl sites for hydroxylation is 1. The Morgan fingerprint density at radius 3 is 2.54 bits per heavy atom. The van der Waals surface area contributed by atoms with Crippen LogP contribution in [0, 0.1) is 0 Å². The van der Waals surface area contributed by atoms with Gasteiger partial charge in [0.1, 0.15) is 35.1 Å². The topological polar surface area (TPSA) is 134 Å². The van der Waals surface area contributed by atoms with E-state index in [2.05, 4.69) is 41.1 Å². The Morgan fingerprint density at radius 2 is 1.78 bits per heavy atom. The number of halogens is 3. The molecule has 0 atom stereocenters. The highest BCUT2D eigenvalue weighted by atomic mass is 19.4. The molecule has 1 aliphatic carbocycles. The van der Waals surface area contributed by atoms with Crippen LogP contribution >= 0.6 is 0 Å². The second kappa shape index (κ2) is 12.2. The number of carbonyl (C=O) groups is 1. The van der Waals surface area contributed by atoms with Crippen molar-refractivity contribution >= 4 is 39.3 Å². The van der Waals surface area contributed by atoms with Gasteiger partial charge in [-0.1, -0.05) is 24.3 Å². The van der Waals surface area contributed by atoms with Crippen LogP contribution in [0.1, 0.15) is 53.9 Å². The van der Waals surface area contributed by atoms with E-state index in [1.54, 1.807) is 7.11 Å². The zero-order valence-corrected chi connectivity index (χ0v) is 27.5. The van der Waals surface area contributed by atoms with Gasteiger partial charge in [0.05, 0.1) is 24.7 Å². The number of hydrogen-bond donors (Lipinski definition) is 2. The van der Waals surface area contributed by atoms with Crippen molar-refractivity contribution in [2.75, 3.05) is 24.7 Å². The van der Waals surface area contributed by atoms with Gasteiger partial charge in [-0.05, 0) is 55.5 Å². The summed E-state index contributed by atoms with van der Waals surface area (Å²) in [6.07, 6.45) is 2.48. The molecular formula is C35H35F3N10O2. The zero-order chi connectivity index (χ0) is 34.7. The van der Waals surface area contributed by atoms with Gasteiger partial charge in [-0.25, -0.2) is 9.97 Å². The lowest BCUT2D eigenvalue weighted by molar-refractivity contribution is -0.148. The van der Waals surface area contributed by atoms with Crippen LogP contribution in [-0.4, -0.2) is 64.4 Å². The van der Waals surface area contributed by atoms with Crippen molar-refractivity contribution in [3.8, 4) is 16.9 Å². The number of alkyl halides is 3. The lowest BCUT2D eigenvalue weighted by atomic mass is 9.89. The number of methoxy groups -OCH3 is 1. The molecule has 6 aromatic rings. The Labute approximate surface area is 284 Å². The Kier molecular flexibility index (Phi) is 7.73. The summed E-state index contributed by atoms with van der Waals surface area (Å²) in [7, 11) is 3.43. The van der Waals surface area contributed by atoms with Crippen molar-refractivity contribution in [3.63, 3.8) is 0 Å². The van der Waals surface area contributed by atoms with Gasteiger partial charge < -0.3 is 29.5 Å². The number of benzene rings is 2. The van der Waals surface area contributed by atoms with E-state index in [0.29, 0.717) is 41.9 Å². The third kappa shape index (κ3) is 5.41. The summed E-state index contributed by atoms with van der Waals surface area (Å²) >= 11 is 0. The maximum Gasteiger partial charge on any atom is 0.451 e. The van der Waals surface area contributed by atoms with Crippen LogP contribution in [0.5, 0.6) is 5.75 Å². The Balaban J connectivity index is 1.02. The molecule has 4 aromatic heterocycles. The molecule has 0 spiro atoms. The quantitative estimate of drug-likeness (QED) is 0.217. The van der Waals surface area contributed by atoms with E-state index in [1.165, 1.54) is 10.9 Å². The van der Waals surface area contributed by atoms with Crippen LogP contribution in [-0.2, 0) is 26.3 Å². The van der Waals surface area contributed by atoms with Gasteiger partial charge in [-0.15, -0.1) is 10.2 Å². The first-order valence-corrected chi connectivity index (χ1v) is 16.5. The molecule has 0 bridgehead atoms. The summed E-state index contributed by atoms with van der Waals surface area (Å²) in [5, 5.41) is 12.0. The summed E-state index contributed by atoms with van der Waals surface area (Å²) in [6, 6.07) is 15.7. The second-order valence-electron chi connectivity index (χ2n) is 12.9. The molecule has 2 aliphatic rings. The molecule has 0 unspecified atom stereocenters. The number of fused-ring (bicyclic) bond motifs is 3. The lowest BCUT2D eigenvalue weighted by Crippen LogP contribution is -2.43. The van der Waals surface area contributed by atoms with Crippen molar-refractivity contribution < 1.29 is 22.7 Å². The van der Waals surface area contributed by atoms with Gasteiger partial charge in [0.2, 0.25) is 5.82 Å². The van der Waals surface area contributed by atoms with Gasteiger partial charge in [-0.3, -0.25) is 9.69 Å². The standard InChI is InChI=1S/C35H35F3N10O2/c1-45-26-6-4-3-5-21(26)15-27(45)33(49)42-25-12-7-20(16-28(25)50-2)24-17-48(32-30(24)31(39)40-19-41-32)23-10-8-22(9-11-23)46-13-14-47-29(18-46)43-44-34(47)35(36,37)38/h3-7,12,15-17,19,22-23H,8-11,13-14,18H2,1-2H3,(H,42,49)(H2,39,40,41)/t22-,23-. The second-order valence-corrected chi connectivity index (χ2v) is 12.9. The summed E-state index contributed by atoms with van der Waals surface area (Å²) in [4.78, 5) is 24.5. The molecule has 1 amide bonds. The molecule has 1 fully saturated rings. The summed E-state index contributed by atoms with van der Waals surface area (Å²) < 4.78 is 51.0. The number of nitrogen functional groups attached to an aromatic ring is 1. The summed E-state index contributed by atoms with van der Waals surface area (Å²) in [5.74, 6) is 0.0299. The highest BCUT2D eigenvalue weighted by Crippen LogP contribution is 2.41. The number of ether oxygens (including phenoxy) is 1. The summed E-state index contributed by atoms with van der Waals surface area (Å²) in [5.41, 5.74) is 10.9. The maximum atomic E-state index is 13.4. The van der Waals surface area contributed by atoms with Crippen LogP contribution in [0.15, 0.2) is 61.1 Å². The fraction of sp³-hybridized carbons (Fsp3) is 0.343. The maximum absolute atomic E-state index is 13.4. The molecule has 5 heterocycles. The van der Waals surface area contributed by atoms with Gasteiger partial charge >= 0.3 is 6.18 Å². The third-order valence-corrected chi connectivity index (χ3v) is 10.2. The molecule has 2 aromatic carbocycles. The Hall–Kier alpha value is -5.44. The van der Waals surface area contributed by atoms with Gasteiger partial charge in [0.25, 0.3) is 5.91 Å². The molecule has 3 N–H and O–H groups in total. The molecule has 50 heavy (non-hydrogen) atoms. The third-order valence-electron chi connectivity index (χ3n) is 10.2. The average molecular weight is 685 g/mol. The Bertz CT molecular complexity index is 2250. The fourth-order valence-corrected chi connectivity index (χ4v) is 7.66. The van der Waals surface area contributed by atoms with Crippen molar-refractivity contribution in [3.05, 3.63) is 78.4 Å². The molecule has 1 saturated carbocycles. The highest BCUT2D eigenvalue weighted by molar-refractivity contribution is 6.07. The Morgan fingerprint density at radius 1 is 1.00 bits per heavy atom. The molecule has 15 heteroatoms. The number of nitrogens with two attached hydrogens (primary N) is 1. The van der Waals surface area contributed by atoms with E-state index in [-0.39, 0.29) is 24.5 Å². The molecule has 0 saturated heterocycles. The first kappa shape index (κ1) is 31.8. The van der Waals surface area contributed by atoms with Crippen molar-refractivity contribution in [1.29, 1.82) is 0 Å². The van der Waals surface area contributed by atoms with E-state index < -0.39 is 12.0 Å². The number of rotatable bonds is 6. The smallest absolute Gasteiger partial charge is 0.451 e. The number of para-hydroxylation sites is 1. The lowest BCUT2D eigenvalue weighted by Gasteiger charge is -2.39. The zero-order valence-electron chi connectivity index (χ0n) is 27.5. The normalized spacial score (nSPS) is 18.4. The fourth-order valence-electron chi connectivity index (χ4n) is 7.66. The first-order chi connectivity index (χ1) is 24.1. The minimum Gasteiger partial charge on any atom is -0.495 e. The largest absolute Gasteiger partial charge is 0.495 e. The van der Waals surface area contributed by atoms with Crippen LogP contribution in [0.3, 0.4) is 0 Å². The number of anilines is 2. The number of nitrogens with one attached hydrogen (secondary N) is 1. The molecular weight excluding hydrogens is 649 g/mol. The highest BCUT2D eigenvalue weighted by Gasteiger charge is 2.40. The van der Waals surface area contributed by atoms with E-state index in [0.717, 1.165) is 58.7 Å². The molecule has 12 nitrogen and oxygen atoms in total.